The van der Waals surface area contributed by atoms with Gasteiger partial charge in [0.15, 0.2) is 5.82 Å². The van der Waals surface area contributed by atoms with Crippen molar-refractivity contribution < 1.29 is 4.74 Å². The molecule has 0 aromatic carbocycles. The van der Waals surface area contributed by atoms with Crippen molar-refractivity contribution in [2.75, 3.05) is 50.5 Å². The zero-order valence-corrected chi connectivity index (χ0v) is 13.1. The normalized spacial score (nSPS) is 10.8. The lowest BCUT2D eigenvalue weighted by Gasteiger charge is -2.25. The predicted molar refractivity (Wildman–Crippen MR) is 83.3 cm³/mol. The van der Waals surface area contributed by atoms with E-state index < -0.39 is 0 Å². The van der Waals surface area contributed by atoms with Gasteiger partial charge in [-0.25, -0.2) is 4.98 Å². The fraction of sp³-hybridized carbons (Fsp3) is 0.714. The van der Waals surface area contributed by atoms with Crippen LogP contribution < -0.4 is 15.4 Å². The van der Waals surface area contributed by atoms with Crippen LogP contribution >= 0.6 is 0 Å². The van der Waals surface area contributed by atoms with Gasteiger partial charge in [0.2, 0.25) is 5.88 Å². The first-order chi connectivity index (χ1) is 9.67. The highest BCUT2D eigenvalue weighted by Gasteiger charge is 2.14. The molecule has 0 aliphatic rings. The lowest BCUT2D eigenvalue weighted by molar-refractivity contribution is 0.300. The van der Waals surface area contributed by atoms with Crippen LogP contribution in [0.3, 0.4) is 0 Å². The maximum Gasteiger partial charge on any atom is 0.242 e. The Morgan fingerprint density at radius 3 is 2.35 bits per heavy atom. The third kappa shape index (κ3) is 4.23. The largest absolute Gasteiger partial charge is 0.479 e. The molecule has 0 spiro atoms. The van der Waals surface area contributed by atoms with E-state index in [-0.39, 0.29) is 0 Å². The van der Waals surface area contributed by atoms with Gasteiger partial charge in [-0.2, -0.15) is 4.98 Å². The van der Waals surface area contributed by atoms with E-state index in [2.05, 4.69) is 40.5 Å². The molecule has 0 radical (unpaired) electrons. The van der Waals surface area contributed by atoms with Gasteiger partial charge in [0, 0.05) is 13.1 Å². The van der Waals surface area contributed by atoms with Gasteiger partial charge < -0.3 is 20.3 Å². The third-order valence-corrected chi connectivity index (χ3v) is 3.50. The highest BCUT2D eigenvalue weighted by Crippen LogP contribution is 2.27. The van der Waals surface area contributed by atoms with Crippen LogP contribution in [0.5, 0.6) is 5.88 Å². The number of nitrogen functional groups attached to an aromatic ring is 1. The van der Waals surface area contributed by atoms with Crippen molar-refractivity contribution >= 4 is 11.5 Å². The molecule has 6 heteroatoms. The number of nitrogens with zero attached hydrogens (tertiary/aromatic N) is 4. The number of nitrogens with two attached hydrogens (primary N) is 1. The Bertz CT molecular complexity index is 395. The van der Waals surface area contributed by atoms with Crippen LogP contribution in [0.4, 0.5) is 11.5 Å². The van der Waals surface area contributed by atoms with E-state index in [4.69, 9.17) is 10.5 Å². The van der Waals surface area contributed by atoms with Gasteiger partial charge in [-0.1, -0.05) is 13.8 Å². The van der Waals surface area contributed by atoms with Crippen molar-refractivity contribution in [3.05, 3.63) is 6.33 Å². The lowest BCUT2D eigenvalue weighted by Crippen LogP contribution is -2.31. The van der Waals surface area contributed by atoms with Crippen LogP contribution in [0.15, 0.2) is 6.33 Å². The number of hydrogen-bond acceptors (Lipinski definition) is 6. The summed E-state index contributed by atoms with van der Waals surface area (Å²) in [5, 5.41) is 0. The summed E-state index contributed by atoms with van der Waals surface area (Å²) in [5.74, 6) is 1.20. The molecule has 114 valence electrons. The van der Waals surface area contributed by atoms with Gasteiger partial charge in [-0.05, 0) is 33.0 Å². The first-order valence-corrected chi connectivity index (χ1v) is 7.29. The van der Waals surface area contributed by atoms with E-state index in [1.807, 2.05) is 0 Å². The first-order valence-electron chi connectivity index (χ1n) is 7.29. The van der Waals surface area contributed by atoms with Crippen molar-refractivity contribution in [1.29, 1.82) is 0 Å². The molecular weight excluding hydrogens is 254 g/mol. The van der Waals surface area contributed by atoms with E-state index in [1.54, 1.807) is 7.11 Å². The molecule has 0 aliphatic carbocycles. The summed E-state index contributed by atoms with van der Waals surface area (Å²) in [6.45, 7) is 11.5. The molecule has 0 unspecified atom stereocenters. The molecule has 1 aromatic heterocycles. The fourth-order valence-corrected chi connectivity index (χ4v) is 2.22. The minimum Gasteiger partial charge on any atom is -0.479 e. The van der Waals surface area contributed by atoms with Crippen LogP contribution in [0.25, 0.3) is 0 Å². The molecule has 0 saturated carbocycles. The Hall–Kier alpha value is -1.56. The standard InChI is InChI=1S/C14H27N5O/c1-5-18(6-2)9-8-10-19(7-3)13-12(15)14(20-4)17-11-16-13/h11H,5-10,15H2,1-4H3. The summed E-state index contributed by atoms with van der Waals surface area (Å²) in [4.78, 5) is 12.9. The van der Waals surface area contributed by atoms with Crippen molar-refractivity contribution in [3.8, 4) is 5.88 Å². The predicted octanol–water partition coefficient (Wildman–Crippen LogP) is 1.63. The van der Waals surface area contributed by atoms with Crippen LogP contribution in [-0.2, 0) is 0 Å². The molecule has 1 heterocycles. The second-order valence-corrected chi connectivity index (χ2v) is 4.58. The molecule has 2 N–H and O–H groups in total. The minimum atomic E-state index is 0.442. The van der Waals surface area contributed by atoms with Crippen LogP contribution in [0.2, 0.25) is 0 Å². The summed E-state index contributed by atoms with van der Waals surface area (Å²) in [7, 11) is 1.57. The monoisotopic (exact) mass is 281 g/mol. The molecule has 1 rings (SSSR count). The summed E-state index contributed by atoms with van der Waals surface area (Å²) < 4.78 is 5.15. The van der Waals surface area contributed by atoms with Crippen molar-refractivity contribution in [3.63, 3.8) is 0 Å². The first kappa shape index (κ1) is 16.5. The Kier molecular flexibility index (Phi) is 7.08. The molecule has 20 heavy (non-hydrogen) atoms. The maximum atomic E-state index is 6.05. The number of ether oxygens (including phenoxy) is 1. The van der Waals surface area contributed by atoms with E-state index in [9.17, 15) is 0 Å². The number of aromatic nitrogens is 2. The maximum absolute atomic E-state index is 6.05. The van der Waals surface area contributed by atoms with E-state index in [0.717, 1.165) is 45.0 Å². The molecule has 0 amide bonds. The van der Waals surface area contributed by atoms with E-state index >= 15 is 0 Å². The van der Waals surface area contributed by atoms with Crippen molar-refractivity contribution in [2.24, 2.45) is 0 Å². The Morgan fingerprint density at radius 2 is 1.80 bits per heavy atom. The van der Waals surface area contributed by atoms with Gasteiger partial charge in [0.25, 0.3) is 0 Å². The third-order valence-electron chi connectivity index (χ3n) is 3.50. The van der Waals surface area contributed by atoms with Crippen LogP contribution in [0.1, 0.15) is 27.2 Å². The van der Waals surface area contributed by atoms with Gasteiger partial charge in [-0.3, -0.25) is 0 Å². The number of methoxy groups -OCH3 is 1. The van der Waals surface area contributed by atoms with E-state index in [1.165, 1.54) is 6.33 Å². The summed E-state index contributed by atoms with van der Waals surface area (Å²) in [6.07, 6.45) is 2.58. The zero-order valence-electron chi connectivity index (χ0n) is 13.1. The van der Waals surface area contributed by atoms with Gasteiger partial charge in [-0.15, -0.1) is 0 Å². The quantitative estimate of drug-likeness (QED) is 0.742. The highest BCUT2D eigenvalue weighted by atomic mass is 16.5. The lowest BCUT2D eigenvalue weighted by atomic mass is 10.3. The fourth-order valence-electron chi connectivity index (χ4n) is 2.22. The van der Waals surface area contributed by atoms with Gasteiger partial charge >= 0.3 is 0 Å². The average molecular weight is 281 g/mol. The number of rotatable bonds is 9. The number of hydrogen-bond donors (Lipinski definition) is 1. The Labute approximate surface area is 121 Å². The van der Waals surface area contributed by atoms with Crippen molar-refractivity contribution in [1.82, 2.24) is 14.9 Å². The topological polar surface area (TPSA) is 67.5 Å². The van der Waals surface area contributed by atoms with Crippen LogP contribution in [-0.4, -0.2) is 54.7 Å². The summed E-state index contributed by atoms with van der Waals surface area (Å²) in [5.41, 5.74) is 6.57. The minimum absolute atomic E-state index is 0.442. The van der Waals surface area contributed by atoms with E-state index in [0.29, 0.717) is 11.6 Å². The summed E-state index contributed by atoms with van der Waals surface area (Å²) in [6, 6.07) is 0. The molecule has 6 nitrogen and oxygen atoms in total. The molecule has 0 aliphatic heterocycles. The zero-order chi connectivity index (χ0) is 15.0. The Balaban J connectivity index is 2.67. The smallest absolute Gasteiger partial charge is 0.242 e. The highest BCUT2D eigenvalue weighted by molar-refractivity contribution is 5.67. The second-order valence-electron chi connectivity index (χ2n) is 4.58. The average Bonchev–Trinajstić information content (AvgIpc) is 2.48. The molecule has 0 saturated heterocycles. The van der Waals surface area contributed by atoms with Crippen molar-refractivity contribution in [2.45, 2.75) is 27.2 Å². The molecule has 0 bridgehead atoms. The molecule has 1 aromatic rings. The molecule has 0 atom stereocenters. The molecule has 0 fully saturated rings. The molecular formula is C14H27N5O. The summed E-state index contributed by atoms with van der Waals surface area (Å²) >= 11 is 0. The second kappa shape index (κ2) is 8.58. The van der Waals surface area contributed by atoms with Crippen LogP contribution in [0, 0.1) is 0 Å². The Morgan fingerprint density at radius 1 is 1.10 bits per heavy atom. The number of anilines is 2. The SMILES string of the molecule is CCN(CC)CCCN(CC)c1ncnc(OC)c1N. The van der Waals surface area contributed by atoms with Gasteiger partial charge in [0.1, 0.15) is 12.0 Å². The van der Waals surface area contributed by atoms with Gasteiger partial charge in [0.05, 0.1) is 7.11 Å².